The molecule has 1 fully saturated rings. The van der Waals surface area contributed by atoms with Gasteiger partial charge in [-0.25, -0.2) is 4.98 Å². The van der Waals surface area contributed by atoms with Gasteiger partial charge < -0.3 is 19.7 Å². The number of likely N-dealkylation sites (N-methyl/N-ethyl adjacent to an activating group) is 1. The number of carbonyl (C=O) groups excluding carboxylic acids is 1. The molecule has 5 rings (SSSR count). The third-order valence-electron chi connectivity index (χ3n) is 7.68. The van der Waals surface area contributed by atoms with Gasteiger partial charge >= 0.3 is 0 Å². The molecule has 1 N–H and O–H groups in total. The van der Waals surface area contributed by atoms with E-state index in [0.717, 1.165) is 66.5 Å². The van der Waals surface area contributed by atoms with Gasteiger partial charge in [-0.1, -0.05) is 54.1 Å². The molecule has 198 valence electrons. The van der Waals surface area contributed by atoms with E-state index in [1.807, 2.05) is 66.5 Å². The van der Waals surface area contributed by atoms with Gasteiger partial charge in [-0.2, -0.15) is 0 Å². The summed E-state index contributed by atoms with van der Waals surface area (Å²) in [5.74, 6) is 1.20. The number of carbonyl (C=O) groups is 1. The van der Waals surface area contributed by atoms with Crippen LogP contribution in [0.5, 0.6) is 0 Å². The number of aromatic nitrogens is 2. The van der Waals surface area contributed by atoms with Crippen molar-refractivity contribution in [2.75, 3.05) is 38.5 Å². The molecule has 38 heavy (non-hydrogen) atoms. The van der Waals surface area contributed by atoms with Crippen molar-refractivity contribution in [2.45, 2.75) is 31.2 Å². The Kier molecular flexibility index (Phi) is 8.30. The highest BCUT2D eigenvalue weighted by molar-refractivity contribution is 6.30. The molecular formula is C31H36ClN5O. The molecule has 1 amide bonds. The Morgan fingerprint density at radius 2 is 1.79 bits per heavy atom. The van der Waals surface area contributed by atoms with Crippen LogP contribution in [0.3, 0.4) is 0 Å². The number of aryl methyl sites for hydroxylation is 1. The molecule has 1 unspecified atom stereocenters. The fraction of sp³-hybridized carbons (Fsp3) is 0.355. The van der Waals surface area contributed by atoms with Crippen molar-refractivity contribution in [3.8, 4) is 0 Å². The summed E-state index contributed by atoms with van der Waals surface area (Å²) in [5.41, 5.74) is 4.08. The molecular weight excluding hydrogens is 494 g/mol. The number of hydrogen-bond acceptors (Lipinski definition) is 4. The van der Waals surface area contributed by atoms with Gasteiger partial charge in [0.2, 0.25) is 5.95 Å². The lowest BCUT2D eigenvalue weighted by atomic mass is 9.94. The molecule has 0 saturated carbocycles. The fourth-order valence-electron chi connectivity index (χ4n) is 5.44. The van der Waals surface area contributed by atoms with Crippen LogP contribution in [-0.4, -0.2) is 64.5 Å². The van der Waals surface area contributed by atoms with Crippen LogP contribution in [0.25, 0.3) is 11.0 Å². The first-order chi connectivity index (χ1) is 18.5. The number of benzene rings is 3. The normalized spacial score (nSPS) is 15.4. The van der Waals surface area contributed by atoms with Gasteiger partial charge in [0.15, 0.2) is 0 Å². The van der Waals surface area contributed by atoms with E-state index in [4.69, 9.17) is 16.6 Å². The molecule has 2 heterocycles. The van der Waals surface area contributed by atoms with Crippen LogP contribution in [0, 0.1) is 0 Å². The number of imidazole rings is 1. The summed E-state index contributed by atoms with van der Waals surface area (Å²) in [6, 6.07) is 26.2. The maximum absolute atomic E-state index is 13.0. The molecule has 1 aromatic heterocycles. The predicted molar refractivity (Wildman–Crippen MR) is 156 cm³/mol. The zero-order valence-corrected chi connectivity index (χ0v) is 22.9. The third kappa shape index (κ3) is 6.20. The van der Waals surface area contributed by atoms with Crippen molar-refractivity contribution >= 4 is 34.5 Å². The Morgan fingerprint density at radius 1 is 1.05 bits per heavy atom. The maximum Gasteiger partial charge on any atom is 0.253 e. The number of likely N-dealkylation sites (tertiary alicyclic amines) is 1. The first-order valence-corrected chi connectivity index (χ1v) is 13.8. The highest BCUT2D eigenvalue weighted by Crippen LogP contribution is 2.26. The first kappa shape index (κ1) is 26.3. The van der Waals surface area contributed by atoms with E-state index in [1.165, 1.54) is 5.56 Å². The lowest BCUT2D eigenvalue weighted by molar-refractivity contribution is 0.0782. The van der Waals surface area contributed by atoms with Crippen LogP contribution in [0.4, 0.5) is 5.95 Å². The minimum atomic E-state index is 0.0477. The summed E-state index contributed by atoms with van der Waals surface area (Å²) in [5, 5.41) is 4.41. The summed E-state index contributed by atoms with van der Waals surface area (Å²) in [7, 11) is 3.97. The van der Waals surface area contributed by atoms with Gasteiger partial charge in [-0.05, 0) is 67.8 Å². The van der Waals surface area contributed by atoms with E-state index in [-0.39, 0.29) is 11.8 Å². The average molecular weight is 530 g/mol. The molecule has 1 atom stereocenters. The molecule has 0 spiro atoms. The monoisotopic (exact) mass is 529 g/mol. The minimum absolute atomic E-state index is 0.0477. The Morgan fingerprint density at radius 3 is 2.53 bits per heavy atom. The summed E-state index contributed by atoms with van der Waals surface area (Å²) >= 11 is 6.35. The highest BCUT2D eigenvalue weighted by atomic mass is 35.5. The number of rotatable bonds is 9. The van der Waals surface area contributed by atoms with Crippen molar-refractivity contribution in [3.63, 3.8) is 0 Å². The molecule has 1 aliphatic rings. The SMILES string of the molecule is CN(CC(CCN1CCC(Nc2nc3ccccc3n2C)CC1)c1cccc(Cl)c1)C(=O)c1ccccc1. The Bertz CT molecular complexity index is 1360. The van der Waals surface area contributed by atoms with E-state index < -0.39 is 0 Å². The van der Waals surface area contributed by atoms with Gasteiger partial charge in [-0.3, -0.25) is 4.79 Å². The molecule has 3 aromatic carbocycles. The van der Waals surface area contributed by atoms with E-state index >= 15 is 0 Å². The van der Waals surface area contributed by atoms with Gasteiger partial charge in [0.1, 0.15) is 0 Å². The standard InChI is InChI=1S/C31H36ClN5O/c1-35(30(38)23-9-4-3-5-10-23)22-25(24-11-8-12-26(32)21-24)15-18-37-19-16-27(17-20-37)33-31-34-28-13-6-7-14-29(28)36(31)2/h3-14,21,25,27H,15-20,22H2,1-2H3,(H,33,34). The van der Waals surface area contributed by atoms with Crippen molar-refractivity contribution in [2.24, 2.45) is 7.05 Å². The minimum Gasteiger partial charge on any atom is -0.353 e. The fourth-order valence-corrected chi connectivity index (χ4v) is 5.63. The lowest BCUT2D eigenvalue weighted by Crippen LogP contribution is -2.40. The van der Waals surface area contributed by atoms with Gasteiger partial charge in [0.25, 0.3) is 5.91 Å². The van der Waals surface area contributed by atoms with Crippen LogP contribution >= 0.6 is 11.6 Å². The van der Waals surface area contributed by atoms with E-state index in [2.05, 4.69) is 46.1 Å². The number of para-hydroxylation sites is 2. The summed E-state index contributed by atoms with van der Waals surface area (Å²) in [6.07, 6.45) is 3.13. The predicted octanol–water partition coefficient (Wildman–Crippen LogP) is 6.05. The second-order valence-corrected chi connectivity index (χ2v) is 10.8. The Balaban J connectivity index is 1.18. The van der Waals surface area contributed by atoms with Crippen LogP contribution in [-0.2, 0) is 7.05 Å². The van der Waals surface area contributed by atoms with Crippen molar-refractivity contribution in [1.82, 2.24) is 19.4 Å². The Hall–Kier alpha value is -3.35. The van der Waals surface area contributed by atoms with Crippen molar-refractivity contribution in [3.05, 3.63) is 95.0 Å². The summed E-state index contributed by atoms with van der Waals surface area (Å²) in [6.45, 7) is 3.73. The number of hydrogen-bond donors (Lipinski definition) is 1. The molecule has 4 aromatic rings. The summed E-state index contributed by atoms with van der Waals surface area (Å²) < 4.78 is 2.14. The molecule has 7 heteroatoms. The van der Waals surface area contributed by atoms with Crippen molar-refractivity contribution < 1.29 is 4.79 Å². The molecule has 0 bridgehead atoms. The molecule has 0 aliphatic carbocycles. The van der Waals surface area contributed by atoms with E-state index in [1.54, 1.807) is 0 Å². The third-order valence-corrected chi connectivity index (χ3v) is 7.92. The van der Waals surface area contributed by atoms with Gasteiger partial charge in [0.05, 0.1) is 11.0 Å². The zero-order chi connectivity index (χ0) is 26.5. The van der Waals surface area contributed by atoms with E-state index in [0.29, 0.717) is 12.6 Å². The number of nitrogens with one attached hydrogen (secondary N) is 1. The van der Waals surface area contributed by atoms with Crippen molar-refractivity contribution in [1.29, 1.82) is 0 Å². The lowest BCUT2D eigenvalue weighted by Gasteiger charge is -2.34. The quantitative estimate of drug-likeness (QED) is 0.287. The number of fused-ring (bicyclic) bond motifs is 1. The molecule has 6 nitrogen and oxygen atoms in total. The highest BCUT2D eigenvalue weighted by Gasteiger charge is 2.24. The molecule has 1 saturated heterocycles. The van der Waals surface area contributed by atoms with Crippen LogP contribution in [0.15, 0.2) is 78.9 Å². The summed E-state index contributed by atoms with van der Waals surface area (Å²) in [4.78, 5) is 22.2. The largest absolute Gasteiger partial charge is 0.353 e. The zero-order valence-electron chi connectivity index (χ0n) is 22.2. The molecule has 1 aliphatic heterocycles. The van der Waals surface area contributed by atoms with Crippen LogP contribution < -0.4 is 5.32 Å². The first-order valence-electron chi connectivity index (χ1n) is 13.4. The Labute approximate surface area is 230 Å². The molecule has 0 radical (unpaired) electrons. The van der Waals surface area contributed by atoms with Crippen LogP contribution in [0.1, 0.15) is 41.1 Å². The number of amides is 1. The van der Waals surface area contributed by atoms with Crippen LogP contribution in [0.2, 0.25) is 5.02 Å². The van der Waals surface area contributed by atoms with E-state index in [9.17, 15) is 4.79 Å². The maximum atomic E-state index is 13.0. The van der Waals surface area contributed by atoms with Gasteiger partial charge in [0, 0.05) is 56.3 Å². The average Bonchev–Trinajstić information content (AvgIpc) is 3.26. The number of nitrogens with zero attached hydrogens (tertiary/aromatic N) is 4. The topological polar surface area (TPSA) is 53.4 Å². The number of halogens is 1. The number of anilines is 1. The van der Waals surface area contributed by atoms with Gasteiger partial charge in [-0.15, -0.1) is 0 Å². The second-order valence-electron chi connectivity index (χ2n) is 10.3. The number of piperidine rings is 1. The smallest absolute Gasteiger partial charge is 0.253 e. The second kappa shape index (κ2) is 12.0.